The fourth-order valence-corrected chi connectivity index (χ4v) is 2.22. The second-order valence-electron chi connectivity index (χ2n) is 5.08. The van der Waals surface area contributed by atoms with E-state index >= 15 is 0 Å². The van der Waals surface area contributed by atoms with Crippen molar-refractivity contribution < 1.29 is 14.3 Å². The van der Waals surface area contributed by atoms with Crippen LogP contribution in [0.15, 0.2) is 42.5 Å². The topological polar surface area (TPSA) is 47.6 Å². The maximum Gasteiger partial charge on any atom is 0.260 e. The van der Waals surface area contributed by atoms with Gasteiger partial charge in [0.15, 0.2) is 6.10 Å². The molecule has 0 saturated heterocycles. The number of nitrogens with one attached hydrogen (secondary N) is 1. The van der Waals surface area contributed by atoms with Gasteiger partial charge < -0.3 is 14.8 Å². The first kappa shape index (κ1) is 16.3. The van der Waals surface area contributed by atoms with Crippen molar-refractivity contribution in [3.8, 4) is 5.75 Å². The average molecular weight is 301 g/mol. The maximum absolute atomic E-state index is 12.0. The Morgan fingerprint density at radius 2 is 1.95 bits per heavy atom. The van der Waals surface area contributed by atoms with Crippen LogP contribution in [0.25, 0.3) is 10.8 Å². The molecule has 0 spiro atoms. The highest BCUT2D eigenvalue weighted by atomic mass is 16.5. The number of hydrogen-bond donors (Lipinski definition) is 1. The Morgan fingerprint density at radius 3 is 2.77 bits per heavy atom. The van der Waals surface area contributed by atoms with Crippen LogP contribution < -0.4 is 10.1 Å². The van der Waals surface area contributed by atoms with Gasteiger partial charge in [0.1, 0.15) is 5.75 Å². The molecule has 1 amide bonds. The molecule has 0 heterocycles. The van der Waals surface area contributed by atoms with Gasteiger partial charge in [0.05, 0.1) is 0 Å². The summed E-state index contributed by atoms with van der Waals surface area (Å²) in [7, 11) is 0. The maximum atomic E-state index is 12.0. The number of hydrogen-bond acceptors (Lipinski definition) is 3. The molecule has 1 unspecified atom stereocenters. The van der Waals surface area contributed by atoms with Crippen molar-refractivity contribution in [3.05, 3.63) is 42.5 Å². The molecule has 2 aromatic rings. The molecule has 0 fully saturated rings. The lowest BCUT2D eigenvalue weighted by Crippen LogP contribution is -2.37. The zero-order chi connectivity index (χ0) is 15.8. The van der Waals surface area contributed by atoms with Gasteiger partial charge in [-0.25, -0.2) is 0 Å². The summed E-state index contributed by atoms with van der Waals surface area (Å²) in [5, 5.41) is 4.98. The number of ether oxygens (including phenoxy) is 2. The molecule has 0 radical (unpaired) electrons. The van der Waals surface area contributed by atoms with E-state index in [0.29, 0.717) is 19.8 Å². The molecule has 0 saturated carbocycles. The van der Waals surface area contributed by atoms with Crippen LogP contribution in [0.4, 0.5) is 0 Å². The largest absolute Gasteiger partial charge is 0.480 e. The van der Waals surface area contributed by atoms with E-state index in [0.717, 1.165) is 22.9 Å². The van der Waals surface area contributed by atoms with Crippen molar-refractivity contribution in [3.63, 3.8) is 0 Å². The highest BCUT2D eigenvalue weighted by Crippen LogP contribution is 2.25. The molecule has 0 aliphatic heterocycles. The molecular formula is C18H23NO3. The number of fused-ring (bicyclic) bond motifs is 1. The third kappa shape index (κ3) is 4.46. The molecule has 22 heavy (non-hydrogen) atoms. The molecule has 1 N–H and O–H groups in total. The summed E-state index contributed by atoms with van der Waals surface area (Å²) in [6.45, 7) is 5.68. The van der Waals surface area contributed by atoms with Gasteiger partial charge in [0, 0.05) is 25.1 Å². The zero-order valence-electron chi connectivity index (χ0n) is 13.2. The second-order valence-corrected chi connectivity index (χ2v) is 5.08. The van der Waals surface area contributed by atoms with Gasteiger partial charge in [-0.2, -0.15) is 0 Å². The smallest absolute Gasteiger partial charge is 0.260 e. The highest BCUT2D eigenvalue weighted by Gasteiger charge is 2.15. The minimum absolute atomic E-state index is 0.107. The zero-order valence-corrected chi connectivity index (χ0v) is 13.2. The van der Waals surface area contributed by atoms with E-state index in [1.165, 1.54) is 0 Å². The summed E-state index contributed by atoms with van der Waals surface area (Å²) in [5.74, 6) is 0.625. The highest BCUT2D eigenvalue weighted by molar-refractivity contribution is 5.89. The molecule has 2 rings (SSSR count). The lowest BCUT2D eigenvalue weighted by Gasteiger charge is -2.16. The van der Waals surface area contributed by atoms with Crippen LogP contribution in [0, 0.1) is 0 Å². The number of carbonyl (C=O) groups is 1. The predicted octanol–water partition coefficient (Wildman–Crippen LogP) is 3.15. The Bertz CT molecular complexity index is 607. The van der Waals surface area contributed by atoms with Crippen LogP contribution in [-0.4, -0.2) is 31.8 Å². The van der Waals surface area contributed by atoms with Crippen molar-refractivity contribution in [2.45, 2.75) is 26.4 Å². The van der Waals surface area contributed by atoms with Crippen molar-refractivity contribution in [1.29, 1.82) is 0 Å². The van der Waals surface area contributed by atoms with Crippen LogP contribution in [-0.2, 0) is 9.53 Å². The van der Waals surface area contributed by atoms with Gasteiger partial charge in [0.25, 0.3) is 5.91 Å². The number of carbonyl (C=O) groups excluding carboxylic acids is 1. The normalized spacial score (nSPS) is 12.1. The van der Waals surface area contributed by atoms with Gasteiger partial charge in [0.2, 0.25) is 0 Å². The number of amides is 1. The quantitative estimate of drug-likeness (QED) is 0.762. The van der Waals surface area contributed by atoms with Crippen LogP contribution in [0.1, 0.15) is 20.3 Å². The molecule has 0 aromatic heterocycles. The molecule has 0 bridgehead atoms. The summed E-state index contributed by atoms with van der Waals surface area (Å²) < 4.78 is 11.1. The minimum Gasteiger partial charge on any atom is -0.480 e. The lowest BCUT2D eigenvalue weighted by molar-refractivity contribution is -0.127. The minimum atomic E-state index is -0.530. The summed E-state index contributed by atoms with van der Waals surface area (Å²) in [6, 6.07) is 13.8. The molecule has 4 heteroatoms. The van der Waals surface area contributed by atoms with Crippen LogP contribution in [0.2, 0.25) is 0 Å². The van der Waals surface area contributed by atoms with E-state index in [-0.39, 0.29) is 5.91 Å². The van der Waals surface area contributed by atoms with Crippen LogP contribution in [0.5, 0.6) is 5.75 Å². The third-order valence-electron chi connectivity index (χ3n) is 3.39. The standard InChI is InChI=1S/C18H23NO3/c1-3-21-13-7-12-19-18(20)14(2)22-17-11-6-9-15-8-4-5-10-16(15)17/h4-6,8-11,14H,3,7,12-13H2,1-2H3,(H,19,20). The third-order valence-corrected chi connectivity index (χ3v) is 3.39. The van der Waals surface area contributed by atoms with Crippen molar-refractivity contribution >= 4 is 16.7 Å². The van der Waals surface area contributed by atoms with Gasteiger partial charge >= 0.3 is 0 Å². The van der Waals surface area contributed by atoms with Crippen molar-refractivity contribution in [1.82, 2.24) is 5.32 Å². The molecule has 0 aliphatic carbocycles. The Balaban J connectivity index is 1.90. The predicted molar refractivity (Wildman–Crippen MR) is 88.2 cm³/mol. The first-order valence-electron chi connectivity index (χ1n) is 7.72. The monoisotopic (exact) mass is 301 g/mol. The summed E-state index contributed by atoms with van der Waals surface area (Å²) in [6.07, 6.45) is 0.276. The van der Waals surface area contributed by atoms with Crippen molar-refractivity contribution in [2.75, 3.05) is 19.8 Å². The molecule has 0 aliphatic rings. The van der Waals surface area contributed by atoms with Gasteiger partial charge in [-0.15, -0.1) is 0 Å². The fourth-order valence-electron chi connectivity index (χ4n) is 2.22. The van der Waals surface area contributed by atoms with E-state index in [2.05, 4.69) is 5.32 Å². The molecule has 1 atom stereocenters. The second kappa shape index (κ2) is 8.39. The van der Waals surface area contributed by atoms with E-state index in [9.17, 15) is 4.79 Å². The molecule has 2 aromatic carbocycles. The molecule has 118 valence electrons. The molecular weight excluding hydrogens is 278 g/mol. The van der Waals surface area contributed by atoms with Crippen LogP contribution >= 0.6 is 0 Å². The summed E-state index contributed by atoms with van der Waals surface area (Å²) in [4.78, 5) is 12.0. The van der Waals surface area contributed by atoms with E-state index in [4.69, 9.17) is 9.47 Å². The van der Waals surface area contributed by atoms with Gasteiger partial charge in [-0.05, 0) is 31.7 Å². The Labute approximate surface area is 131 Å². The molecule has 4 nitrogen and oxygen atoms in total. The lowest BCUT2D eigenvalue weighted by atomic mass is 10.1. The fraction of sp³-hybridized carbons (Fsp3) is 0.389. The Kier molecular flexibility index (Phi) is 6.22. The van der Waals surface area contributed by atoms with Crippen molar-refractivity contribution in [2.24, 2.45) is 0 Å². The average Bonchev–Trinajstić information content (AvgIpc) is 2.54. The van der Waals surface area contributed by atoms with Gasteiger partial charge in [-0.1, -0.05) is 36.4 Å². The summed E-state index contributed by atoms with van der Waals surface area (Å²) in [5.41, 5.74) is 0. The van der Waals surface area contributed by atoms with E-state index < -0.39 is 6.10 Å². The van der Waals surface area contributed by atoms with E-state index in [1.54, 1.807) is 6.92 Å². The number of benzene rings is 2. The van der Waals surface area contributed by atoms with Gasteiger partial charge in [-0.3, -0.25) is 4.79 Å². The van der Waals surface area contributed by atoms with E-state index in [1.807, 2.05) is 49.4 Å². The first-order chi connectivity index (χ1) is 10.7. The number of rotatable bonds is 8. The Morgan fingerprint density at radius 1 is 1.18 bits per heavy atom. The summed E-state index contributed by atoms with van der Waals surface area (Å²) >= 11 is 0. The SMILES string of the molecule is CCOCCCNC(=O)C(C)Oc1cccc2ccccc12. The first-order valence-corrected chi connectivity index (χ1v) is 7.72. The Hall–Kier alpha value is -2.07. The van der Waals surface area contributed by atoms with Crippen LogP contribution in [0.3, 0.4) is 0 Å².